The molecule has 0 aromatic carbocycles. The summed E-state index contributed by atoms with van der Waals surface area (Å²) < 4.78 is 69.9. The van der Waals surface area contributed by atoms with E-state index in [9.17, 15) is 25.5 Å². The smallest absolute Gasteiger partial charge is 0.228 e. The zero-order valence-electron chi connectivity index (χ0n) is 7.51. The summed E-state index contributed by atoms with van der Waals surface area (Å²) in [6, 6.07) is 0. The highest BCUT2D eigenvalue weighted by Crippen LogP contribution is 2.31. The van der Waals surface area contributed by atoms with Gasteiger partial charge in [0.2, 0.25) is 10.9 Å². The minimum atomic E-state index is -5.34. The first-order chi connectivity index (χ1) is 7.03. The molecule has 0 saturated carbocycles. The minimum absolute atomic E-state index is 0.321. The number of halogens is 5. The lowest BCUT2D eigenvalue weighted by Crippen LogP contribution is -2.15. The molecule has 0 unspecified atom stereocenters. The number of aromatic nitrogens is 2. The lowest BCUT2D eigenvalue weighted by molar-refractivity contribution is -0.145. The topological polar surface area (TPSA) is 59.9 Å². The van der Waals surface area contributed by atoms with Crippen LogP contribution in [0, 0.1) is 6.92 Å². The Kier molecular flexibility index (Phi) is 3.25. The van der Waals surface area contributed by atoms with Crippen LogP contribution in [0.25, 0.3) is 0 Å². The van der Waals surface area contributed by atoms with Crippen LogP contribution in [-0.4, -0.2) is 18.4 Å². The van der Waals surface area contributed by atoms with E-state index in [0.29, 0.717) is 0 Å². The van der Waals surface area contributed by atoms with Crippen molar-refractivity contribution in [2.24, 2.45) is 0 Å². The molecule has 0 amide bonds. The van der Waals surface area contributed by atoms with Gasteiger partial charge in [-0.1, -0.05) is 3.89 Å². The Balaban J connectivity index is 3.59. The predicted octanol–water partition coefficient (Wildman–Crippen LogP) is 2.22. The van der Waals surface area contributed by atoms with Crippen molar-refractivity contribution in [3.05, 3.63) is 16.0 Å². The number of alkyl halides is 3. The molecule has 10 heteroatoms. The van der Waals surface area contributed by atoms with E-state index in [1.54, 1.807) is 0 Å². The Bertz CT molecular complexity index is 528. The molecule has 1 aromatic heterocycles. The molecule has 16 heavy (non-hydrogen) atoms. The molecule has 0 fully saturated rings. The molecule has 0 bridgehead atoms. The number of aryl methyl sites for hydroxylation is 1. The molecule has 90 valence electrons. The number of nitrogens with zero attached hydrogens (tertiary/aromatic N) is 2. The fraction of sp³-hybridized carbons (Fsp3) is 0.333. The normalized spacial score (nSPS) is 12.9. The van der Waals surface area contributed by atoms with E-state index in [1.165, 1.54) is 0 Å². The van der Waals surface area contributed by atoms with E-state index in [0.717, 1.165) is 6.92 Å². The van der Waals surface area contributed by atoms with E-state index in [4.69, 9.17) is 0 Å². The highest BCUT2D eigenvalue weighted by molar-refractivity contribution is 9.10. The summed E-state index contributed by atoms with van der Waals surface area (Å²) in [6.07, 6.45) is -4.94. The van der Waals surface area contributed by atoms with Crippen LogP contribution in [0.1, 0.15) is 11.5 Å². The van der Waals surface area contributed by atoms with Crippen molar-refractivity contribution in [3.8, 4) is 0 Å². The van der Waals surface area contributed by atoms with Gasteiger partial charge in [-0.25, -0.2) is 9.97 Å². The highest BCUT2D eigenvalue weighted by Gasteiger charge is 2.37. The van der Waals surface area contributed by atoms with E-state index in [1.807, 2.05) is 0 Å². The fourth-order valence-electron chi connectivity index (χ4n) is 0.821. The standard InChI is InChI=1S/C6H3BrF4N2O2S/c1-2-3(7)4(16(11,14)15)13-5(12-2)6(8,9)10/h1H3. The summed E-state index contributed by atoms with van der Waals surface area (Å²) in [5.41, 5.74) is -0.321. The molecular weight excluding hydrogens is 320 g/mol. The van der Waals surface area contributed by atoms with Crippen molar-refractivity contribution >= 4 is 26.2 Å². The molecule has 1 heterocycles. The van der Waals surface area contributed by atoms with Gasteiger partial charge in [-0.2, -0.15) is 21.6 Å². The molecule has 0 radical (unpaired) electrons. The Hall–Kier alpha value is -0.770. The number of hydrogen-bond acceptors (Lipinski definition) is 4. The van der Waals surface area contributed by atoms with Gasteiger partial charge in [0.1, 0.15) is 0 Å². The molecule has 0 atom stereocenters. The van der Waals surface area contributed by atoms with Gasteiger partial charge in [0.15, 0.2) is 0 Å². The lowest BCUT2D eigenvalue weighted by atomic mass is 10.4. The molecular formula is C6H3BrF4N2O2S. The first kappa shape index (κ1) is 13.3. The lowest BCUT2D eigenvalue weighted by Gasteiger charge is -2.08. The molecule has 4 nitrogen and oxygen atoms in total. The van der Waals surface area contributed by atoms with Crippen molar-refractivity contribution in [2.75, 3.05) is 0 Å². The maximum Gasteiger partial charge on any atom is 0.451 e. The van der Waals surface area contributed by atoms with E-state index in [2.05, 4.69) is 25.9 Å². The summed E-state index contributed by atoms with van der Waals surface area (Å²) in [5, 5.41) is -1.33. The average molecular weight is 323 g/mol. The summed E-state index contributed by atoms with van der Waals surface area (Å²) in [6.45, 7) is 1.09. The average Bonchev–Trinajstić information content (AvgIpc) is 2.05. The van der Waals surface area contributed by atoms with Gasteiger partial charge in [0.05, 0.1) is 10.2 Å². The first-order valence-electron chi connectivity index (χ1n) is 3.59. The molecule has 0 N–H and O–H groups in total. The second kappa shape index (κ2) is 3.91. The Morgan fingerprint density at radius 2 is 1.75 bits per heavy atom. The molecule has 0 saturated heterocycles. The Morgan fingerprint density at radius 3 is 2.12 bits per heavy atom. The Morgan fingerprint density at radius 1 is 1.25 bits per heavy atom. The highest BCUT2D eigenvalue weighted by atomic mass is 79.9. The van der Waals surface area contributed by atoms with E-state index >= 15 is 0 Å². The van der Waals surface area contributed by atoms with E-state index in [-0.39, 0.29) is 5.69 Å². The van der Waals surface area contributed by atoms with Gasteiger partial charge in [0, 0.05) is 0 Å². The largest absolute Gasteiger partial charge is 0.451 e. The van der Waals surface area contributed by atoms with Crippen molar-refractivity contribution in [3.63, 3.8) is 0 Å². The second-order valence-electron chi connectivity index (χ2n) is 2.69. The maximum absolute atomic E-state index is 12.6. The van der Waals surface area contributed by atoms with Gasteiger partial charge in [0.25, 0.3) is 0 Å². The number of hydrogen-bond donors (Lipinski definition) is 0. The maximum atomic E-state index is 12.6. The molecule has 0 aliphatic heterocycles. The quantitative estimate of drug-likeness (QED) is 0.452. The van der Waals surface area contributed by atoms with Gasteiger partial charge in [-0.05, 0) is 22.9 Å². The van der Waals surface area contributed by atoms with Gasteiger partial charge in [-0.3, -0.25) is 0 Å². The third kappa shape index (κ3) is 2.67. The molecule has 1 aromatic rings. The van der Waals surface area contributed by atoms with Crippen LogP contribution in [0.3, 0.4) is 0 Å². The van der Waals surface area contributed by atoms with Crippen LogP contribution in [0.5, 0.6) is 0 Å². The van der Waals surface area contributed by atoms with Crippen LogP contribution in [0.2, 0.25) is 0 Å². The summed E-state index contributed by atoms with van der Waals surface area (Å²) >= 11 is 2.61. The van der Waals surface area contributed by atoms with Crippen molar-refractivity contribution in [1.82, 2.24) is 9.97 Å². The third-order valence-electron chi connectivity index (χ3n) is 1.47. The molecule has 0 aliphatic carbocycles. The van der Waals surface area contributed by atoms with Crippen LogP contribution >= 0.6 is 15.9 Å². The van der Waals surface area contributed by atoms with Crippen LogP contribution in [0.15, 0.2) is 9.50 Å². The van der Waals surface area contributed by atoms with Gasteiger partial charge >= 0.3 is 16.4 Å². The van der Waals surface area contributed by atoms with Crippen molar-refractivity contribution in [1.29, 1.82) is 0 Å². The second-order valence-corrected chi connectivity index (χ2v) is 4.74. The van der Waals surface area contributed by atoms with E-state index < -0.39 is 31.7 Å². The van der Waals surface area contributed by atoms with Crippen LogP contribution in [0.4, 0.5) is 17.1 Å². The van der Waals surface area contributed by atoms with Crippen LogP contribution in [-0.2, 0) is 16.4 Å². The Labute approximate surface area is 96.1 Å². The number of rotatable bonds is 1. The van der Waals surface area contributed by atoms with Crippen molar-refractivity contribution < 1.29 is 25.5 Å². The zero-order chi connectivity index (χ0) is 12.7. The summed E-state index contributed by atoms with van der Waals surface area (Å²) in [5.74, 6) is -1.70. The molecule has 0 aliphatic rings. The van der Waals surface area contributed by atoms with Crippen molar-refractivity contribution in [2.45, 2.75) is 18.1 Å². The predicted molar refractivity (Wildman–Crippen MR) is 47.8 cm³/mol. The van der Waals surface area contributed by atoms with Crippen LogP contribution < -0.4 is 0 Å². The van der Waals surface area contributed by atoms with Gasteiger partial charge < -0.3 is 0 Å². The minimum Gasteiger partial charge on any atom is -0.228 e. The van der Waals surface area contributed by atoms with Gasteiger partial charge in [-0.15, -0.1) is 0 Å². The zero-order valence-corrected chi connectivity index (χ0v) is 9.91. The molecule has 1 rings (SSSR count). The first-order valence-corrected chi connectivity index (χ1v) is 5.77. The summed E-state index contributed by atoms with van der Waals surface area (Å²) in [7, 11) is -5.34. The molecule has 0 spiro atoms. The fourth-order valence-corrected chi connectivity index (χ4v) is 2.14. The SMILES string of the molecule is Cc1nc(C(F)(F)F)nc(S(=O)(=O)F)c1Br. The third-order valence-corrected chi connectivity index (χ3v) is 3.44. The monoisotopic (exact) mass is 322 g/mol. The summed E-state index contributed by atoms with van der Waals surface area (Å²) in [4.78, 5) is 5.63.